The molecule has 3 heterocycles. The molecule has 1 aromatic rings. The van der Waals surface area contributed by atoms with Crippen LogP contribution in [0.3, 0.4) is 0 Å². The summed E-state index contributed by atoms with van der Waals surface area (Å²) < 4.78 is 37.0. The predicted molar refractivity (Wildman–Crippen MR) is 90.0 cm³/mol. The van der Waals surface area contributed by atoms with Crippen LogP contribution in [-0.4, -0.2) is 63.3 Å². The van der Waals surface area contributed by atoms with Gasteiger partial charge in [0.05, 0.1) is 18.1 Å². The molecule has 9 nitrogen and oxygen atoms in total. The quantitative estimate of drug-likeness (QED) is 0.749. The zero-order valence-corrected chi connectivity index (χ0v) is 14.8. The van der Waals surface area contributed by atoms with E-state index in [1.165, 1.54) is 12.1 Å². The van der Waals surface area contributed by atoms with Gasteiger partial charge in [0.15, 0.2) is 5.79 Å². The Kier molecular flexibility index (Phi) is 4.13. The zero-order valence-electron chi connectivity index (χ0n) is 14.0. The summed E-state index contributed by atoms with van der Waals surface area (Å²) in [7, 11) is -4.04. The van der Waals surface area contributed by atoms with Gasteiger partial charge >= 0.3 is 6.03 Å². The van der Waals surface area contributed by atoms with Crippen LogP contribution >= 0.6 is 0 Å². The molecule has 10 heteroatoms. The van der Waals surface area contributed by atoms with E-state index in [0.29, 0.717) is 17.5 Å². The lowest BCUT2D eigenvalue weighted by Gasteiger charge is -2.38. The number of nitrogens with zero attached hydrogens (tertiary/aromatic N) is 2. The number of ether oxygens (including phenoxy) is 2. The first kappa shape index (κ1) is 17.3. The molecular weight excluding hydrogens is 362 g/mol. The maximum atomic E-state index is 12.5. The van der Waals surface area contributed by atoms with Crippen molar-refractivity contribution in [2.45, 2.75) is 23.5 Å². The summed E-state index contributed by atoms with van der Waals surface area (Å²) in [6.45, 7) is 2.25. The van der Waals surface area contributed by atoms with Gasteiger partial charge in [-0.15, -0.1) is 0 Å². The lowest BCUT2D eigenvalue weighted by molar-refractivity contribution is -0.169. The Balaban J connectivity index is 1.47. The molecule has 0 saturated carbocycles. The van der Waals surface area contributed by atoms with Crippen molar-refractivity contribution >= 4 is 27.6 Å². The molecular formula is C16H19N3O6S. The van der Waals surface area contributed by atoms with Crippen LogP contribution in [-0.2, 0) is 24.3 Å². The largest absolute Gasteiger partial charge is 0.371 e. The van der Waals surface area contributed by atoms with E-state index < -0.39 is 34.3 Å². The van der Waals surface area contributed by atoms with Crippen molar-refractivity contribution in [1.82, 2.24) is 9.62 Å². The highest BCUT2D eigenvalue weighted by Gasteiger charge is 2.40. The van der Waals surface area contributed by atoms with E-state index in [2.05, 4.69) is 4.90 Å². The van der Waals surface area contributed by atoms with Crippen LogP contribution in [0.4, 0.5) is 10.5 Å². The Morgan fingerprint density at radius 2 is 1.62 bits per heavy atom. The number of anilines is 1. The number of piperidine rings is 1. The molecule has 3 saturated heterocycles. The van der Waals surface area contributed by atoms with Gasteiger partial charge in [-0.05, 0) is 24.3 Å². The summed E-state index contributed by atoms with van der Waals surface area (Å²) in [5, 5.41) is 1.97. The van der Waals surface area contributed by atoms with Crippen molar-refractivity contribution < 1.29 is 27.5 Å². The van der Waals surface area contributed by atoms with Gasteiger partial charge in [0.1, 0.15) is 6.54 Å². The second kappa shape index (κ2) is 6.22. The Labute approximate surface area is 150 Å². The molecule has 0 unspecified atom stereocenters. The number of hydrogen-bond donors (Lipinski definition) is 1. The van der Waals surface area contributed by atoms with Gasteiger partial charge in [-0.2, -0.15) is 0 Å². The smallest absolute Gasteiger partial charge is 0.338 e. The third-order valence-corrected chi connectivity index (χ3v) is 6.63. The highest BCUT2D eigenvalue weighted by atomic mass is 32.2. The normalized spacial score (nSPS) is 22.9. The minimum Gasteiger partial charge on any atom is -0.371 e. The average molecular weight is 381 g/mol. The van der Waals surface area contributed by atoms with Crippen molar-refractivity contribution in [3.63, 3.8) is 0 Å². The number of imide groups is 1. The van der Waals surface area contributed by atoms with E-state index in [9.17, 15) is 18.0 Å². The molecule has 0 aliphatic carbocycles. The minimum absolute atomic E-state index is 0.0259. The topological polar surface area (TPSA) is 105 Å². The van der Waals surface area contributed by atoms with Gasteiger partial charge < -0.3 is 14.4 Å². The highest BCUT2D eigenvalue weighted by molar-refractivity contribution is 7.89. The monoisotopic (exact) mass is 381 g/mol. The first-order valence-electron chi connectivity index (χ1n) is 8.39. The van der Waals surface area contributed by atoms with Gasteiger partial charge in [-0.3, -0.25) is 10.1 Å². The number of rotatable bonds is 3. The Morgan fingerprint density at radius 3 is 2.15 bits per heavy atom. The lowest BCUT2D eigenvalue weighted by atomic mass is 10.0. The number of carbonyl (C=O) groups excluding carboxylic acids is 2. The molecule has 0 bridgehead atoms. The van der Waals surface area contributed by atoms with Crippen LogP contribution in [0.15, 0.2) is 29.2 Å². The molecule has 4 rings (SSSR count). The zero-order chi connectivity index (χ0) is 18.4. The maximum absolute atomic E-state index is 12.5. The fraction of sp³-hybridized carbons (Fsp3) is 0.500. The molecule has 0 aromatic heterocycles. The van der Waals surface area contributed by atoms with Crippen molar-refractivity contribution in [3.8, 4) is 0 Å². The Hall–Kier alpha value is -2.17. The summed E-state index contributed by atoms with van der Waals surface area (Å²) in [4.78, 5) is 25.0. The third-order valence-electron chi connectivity index (χ3n) is 4.89. The van der Waals surface area contributed by atoms with Crippen molar-refractivity contribution in [3.05, 3.63) is 24.3 Å². The van der Waals surface area contributed by atoms with Crippen LogP contribution in [0.25, 0.3) is 0 Å². The van der Waals surface area contributed by atoms with Crippen LogP contribution in [0.2, 0.25) is 0 Å². The lowest BCUT2D eigenvalue weighted by Crippen LogP contribution is -2.45. The van der Waals surface area contributed by atoms with Crippen molar-refractivity contribution in [2.75, 3.05) is 37.7 Å². The highest BCUT2D eigenvalue weighted by Crippen LogP contribution is 2.33. The molecule has 26 heavy (non-hydrogen) atoms. The van der Waals surface area contributed by atoms with E-state index >= 15 is 0 Å². The molecule has 3 fully saturated rings. The number of sulfonamides is 1. The molecule has 0 radical (unpaired) electrons. The van der Waals surface area contributed by atoms with Crippen LogP contribution < -0.4 is 10.2 Å². The number of benzene rings is 1. The Bertz CT molecular complexity index is 822. The molecule has 1 aromatic carbocycles. The predicted octanol–water partition coefficient (Wildman–Crippen LogP) is 0.270. The summed E-state index contributed by atoms with van der Waals surface area (Å²) >= 11 is 0. The van der Waals surface area contributed by atoms with E-state index in [-0.39, 0.29) is 4.90 Å². The van der Waals surface area contributed by atoms with Gasteiger partial charge in [0, 0.05) is 31.6 Å². The molecule has 3 amide bonds. The Morgan fingerprint density at radius 1 is 1.00 bits per heavy atom. The molecule has 3 aliphatic rings. The van der Waals surface area contributed by atoms with E-state index in [1.54, 1.807) is 12.1 Å². The molecule has 0 atom stereocenters. The maximum Gasteiger partial charge on any atom is 0.338 e. The number of hydrogen-bond acceptors (Lipinski definition) is 7. The van der Waals surface area contributed by atoms with Gasteiger partial charge in [-0.25, -0.2) is 17.5 Å². The average Bonchev–Trinajstić information content (AvgIpc) is 3.22. The number of nitrogens with one attached hydrogen (secondary N) is 1. The van der Waals surface area contributed by atoms with Crippen molar-refractivity contribution in [1.29, 1.82) is 0 Å². The van der Waals surface area contributed by atoms with Gasteiger partial charge in [-0.1, -0.05) is 0 Å². The fourth-order valence-corrected chi connectivity index (χ4v) is 4.75. The summed E-state index contributed by atoms with van der Waals surface area (Å²) in [6, 6.07) is 5.40. The van der Waals surface area contributed by atoms with Crippen LogP contribution in [0, 0.1) is 0 Å². The van der Waals surface area contributed by atoms with Crippen LogP contribution in [0.1, 0.15) is 12.8 Å². The van der Waals surface area contributed by atoms with Gasteiger partial charge in [0.25, 0.3) is 10.0 Å². The minimum atomic E-state index is -4.04. The third kappa shape index (κ3) is 2.93. The number of amides is 3. The number of urea groups is 1. The van der Waals surface area contributed by atoms with E-state index in [0.717, 1.165) is 31.6 Å². The molecule has 1 N–H and O–H groups in total. The first-order valence-corrected chi connectivity index (χ1v) is 9.83. The van der Waals surface area contributed by atoms with E-state index in [1.807, 2.05) is 5.32 Å². The van der Waals surface area contributed by atoms with E-state index in [4.69, 9.17) is 9.47 Å². The standard InChI is InChI=1S/C16H19N3O6S/c20-14-11-19(15(21)17-14)26(22,23)13-3-1-12(2-4-13)18-7-5-16(6-8-18)24-9-10-25-16/h1-4H,5-11H2,(H,17,20,21). The second-order valence-electron chi connectivity index (χ2n) is 6.45. The SMILES string of the molecule is O=C1CN(S(=O)(=O)c2ccc(N3CCC4(CC3)OCCO4)cc2)C(=O)N1. The van der Waals surface area contributed by atoms with Crippen LogP contribution in [0.5, 0.6) is 0 Å². The second-order valence-corrected chi connectivity index (χ2v) is 8.32. The molecule has 3 aliphatic heterocycles. The summed E-state index contributed by atoms with van der Waals surface area (Å²) in [5.74, 6) is -1.09. The summed E-state index contributed by atoms with van der Waals surface area (Å²) in [5.41, 5.74) is 0.888. The molecule has 1 spiro atoms. The molecule has 140 valence electrons. The first-order chi connectivity index (χ1) is 12.4. The van der Waals surface area contributed by atoms with Gasteiger partial charge in [0.2, 0.25) is 5.91 Å². The van der Waals surface area contributed by atoms with Crippen molar-refractivity contribution in [2.24, 2.45) is 0 Å². The fourth-order valence-electron chi connectivity index (χ4n) is 3.46. The summed E-state index contributed by atoms with van der Waals surface area (Å²) in [6.07, 6.45) is 1.51. The number of carbonyl (C=O) groups is 2.